The average molecular weight is 372 g/mol. The molecular formula is C23H20N2O3. The Balaban J connectivity index is 1.99. The summed E-state index contributed by atoms with van der Waals surface area (Å²) in [5.74, 6) is -0.220. The van der Waals surface area contributed by atoms with E-state index in [4.69, 9.17) is 4.74 Å². The molecule has 0 N–H and O–H groups in total. The SMILES string of the molecule is CCOc1ccc(/C=C2/C(=O)N(Cc3ccccc3)C(=O)C(C#N)=C2C)cc1. The van der Waals surface area contributed by atoms with Crippen molar-refractivity contribution in [3.63, 3.8) is 0 Å². The molecular weight excluding hydrogens is 352 g/mol. The zero-order valence-corrected chi connectivity index (χ0v) is 15.8. The molecule has 28 heavy (non-hydrogen) atoms. The van der Waals surface area contributed by atoms with Crippen LogP contribution >= 0.6 is 0 Å². The molecule has 0 aliphatic carbocycles. The molecule has 3 rings (SSSR count). The molecule has 2 amide bonds. The van der Waals surface area contributed by atoms with Crippen LogP contribution in [0, 0.1) is 11.3 Å². The first-order valence-corrected chi connectivity index (χ1v) is 9.01. The zero-order chi connectivity index (χ0) is 20.1. The highest BCUT2D eigenvalue weighted by molar-refractivity contribution is 6.19. The first-order valence-electron chi connectivity index (χ1n) is 9.01. The summed E-state index contributed by atoms with van der Waals surface area (Å²) in [5, 5.41) is 9.47. The topological polar surface area (TPSA) is 70.4 Å². The quantitative estimate of drug-likeness (QED) is 0.590. The number of benzene rings is 2. The van der Waals surface area contributed by atoms with Crippen molar-refractivity contribution in [1.29, 1.82) is 5.26 Å². The summed E-state index contributed by atoms with van der Waals surface area (Å²) in [6.07, 6.45) is 1.70. The maximum Gasteiger partial charge on any atom is 0.271 e. The van der Waals surface area contributed by atoms with Crippen molar-refractivity contribution in [1.82, 2.24) is 4.90 Å². The van der Waals surface area contributed by atoms with Crippen LogP contribution in [0.2, 0.25) is 0 Å². The number of nitriles is 1. The minimum atomic E-state index is -0.558. The Labute approximate surface area is 164 Å². The second-order valence-corrected chi connectivity index (χ2v) is 6.35. The molecule has 0 fully saturated rings. The summed E-state index contributed by atoms with van der Waals surface area (Å²) in [5.41, 5.74) is 2.35. The Morgan fingerprint density at radius 1 is 1.04 bits per heavy atom. The van der Waals surface area contributed by atoms with Gasteiger partial charge in [-0.05, 0) is 48.8 Å². The van der Waals surface area contributed by atoms with Gasteiger partial charge in [-0.25, -0.2) is 0 Å². The molecule has 1 aliphatic rings. The fourth-order valence-corrected chi connectivity index (χ4v) is 3.03. The predicted octanol–water partition coefficient (Wildman–Crippen LogP) is 3.88. The van der Waals surface area contributed by atoms with E-state index in [1.807, 2.05) is 67.6 Å². The van der Waals surface area contributed by atoms with E-state index in [-0.39, 0.29) is 12.1 Å². The van der Waals surface area contributed by atoms with Crippen molar-refractivity contribution >= 4 is 17.9 Å². The average Bonchev–Trinajstić information content (AvgIpc) is 2.71. The first-order chi connectivity index (χ1) is 13.5. The number of ether oxygens (including phenoxy) is 1. The van der Waals surface area contributed by atoms with E-state index in [9.17, 15) is 14.9 Å². The zero-order valence-electron chi connectivity index (χ0n) is 15.8. The minimum absolute atomic E-state index is 0.00674. The molecule has 0 spiro atoms. The fraction of sp³-hybridized carbons (Fsp3) is 0.174. The van der Waals surface area contributed by atoms with Crippen molar-refractivity contribution in [3.8, 4) is 11.8 Å². The lowest BCUT2D eigenvalue weighted by molar-refractivity contribution is -0.141. The van der Waals surface area contributed by atoms with Crippen LogP contribution in [0.3, 0.4) is 0 Å². The van der Waals surface area contributed by atoms with Crippen molar-refractivity contribution < 1.29 is 14.3 Å². The molecule has 1 heterocycles. The standard InChI is InChI=1S/C23H20N2O3/c1-3-28-19-11-9-17(10-12-19)13-20-16(2)21(14-24)23(27)25(22(20)26)15-18-7-5-4-6-8-18/h4-13H,3,15H2,1-2H3/b20-13+. The van der Waals surface area contributed by atoms with Gasteiger partial charge in [0.25, 0.3) is 11.8 Å². The van der Waals surface area contributed by atoms with Crippen molar-refractivity contribution in [3.05, 3.63) is 82.4 Å². The molecule has 140 valence electrons. The summed E-state index contributed by atoms with van der Waals surface area (Å²) in [6.45, 7) is 4.24. The molecule has 5 heteroatoms. The van der Waals surface area contributed by atoms with Gasteiger partial charge in [0.2, 0.25) is 0 Å². The predicted molar refractivity (Wildman–Crippen MR) is 106 cm³/mol. The normalized spacial score (nSPS) is 15.8. The number of carbonyl (C=O) groups excluding carboxylic acids is 2. The van der Waals surface area contributed by atoms with Gasteiger partial charge in [0, 0.05) is 5.57 Å². The third-order valence-electron chi connectivity index (χ3n) is 4.51. The molecule has 0 atom stereocenters. The van der Waals surface area contributed by atoms with Gasteiger partial charge in [0.15, 0.2) is 0 Å². The first kappa shape index (κ1) is 19.1. The van der Waals surface area contributed by atoms with Crippen LogP contribution in [0.1, 0.15) is 25.0 Å². The Bertz CT molecular complexity index is 996. The summed E-state index contributed by atoms with van der Waals surface area (Å²) < 4.78 is 5.43. The molecule has 0 unspecified atom stereocenters. The Hall–Kier alpha value is -3.65. The van der Waals surface area contributed by atoms with E-state index in [0.717, 1.165) is 21.8 Å². The Kier molecular flexibility index (Phi) is 5.71. The second-order valence-electron chi connectivity index (χ2n) is 6.35. The number of carbonyl (C=O) groups is 2. The molecule has 0 bridgehead atoms. The number of rotatable bonds is 5. The number of hydrogen-bond acceptors (Lipinski definition) is 4. The van der Waals surface area contributed by atoms with Crippen LogP contribution in [0.25, 0.3) is 6.08 Å². The molecule has 0 saturated heterocycles. The Morgan fingerprint density at radius 3 is 2.32 bits per heavy atom. The van der Waals surface area contributed by atoms with E-state index < -0.39 is 11.8 Å². The van der Waals surface area contributed by atoms with E-state index in [1.54, 1.807) is 13.0 Å². The summed E-state index contributed by atoms with van der Waals surface area (Å²) in [4.78, 5) is 26.9. The van der Waals surface area contributed by atoms with Gasteiger partial charge in [-0.15, -0.1) is 0 Å². The van der Waals surface area contributed by atoms with Gasteiger partial charge in [0.05, 0.1) is 13.2 Å². The van der Waals surface area contributed by atoms with Gasteiger partial charge in [-0.3, -0.25) is 14.5 Å². The third kappa shape index (κ3) is 3.86. The van der Waals surface area contributed by atoms with Crippen LogP contribution in [-0.2, 0) is 16.1 Å². The molecule has 5 nitrogen and oxygen atoms in total. The highest BCUT2D eigenvalue weighted by atomic mass is 16.5. The highest BCUT2D eigenvalue weighted by Crippen LogP contribution is 2.28. The largest absolute Gasteiger partial charge is 0.494 e. The lowest BCUT2D eigenvalue weighted by Crippen LogP contribution is -2.42. The third-order valence-corrected chi connectivity index (χ3v) is 4.51. The van der Waals surface area contributed by atoms with Crippen LogP contribution in [0.15, 0.2) is 71.3 Å². The summed E-state index contributed by atoms with van der Waals surface area (Å²) in [7, 11) is 0. The smallest absolute Gasteiger partial charge is 0.271 e. The van der Waals surface area contributed by atoms with E-state index >= 15 is 0 Å². The number of imide groups is 1. The minimum Gasteiger partial charge on any atom is -0.494 e. The molecule has 2 aromatic carbocycles. The van der Waals surface area contributed by atoms with E-state index in [2.05, 4.69) is 0 Å². The lowest BCUT2D eigenvalue weighted by Gasteiger charge is -2.27. The summed E-state index contributed by atoms with van der Waals surface area (Å²) >= 11 is 0. The van der Waals surface area contributed by atoms with Gasteiger partial charge >= 0.3 is 0 Å². The van der Waals surface area contributed by atoms with Crippen LogP contribution in [0.5, 0.6) is 5.75 Å². The molecule has 1 aliphatic heterocycles. The summed E-state index contributed by atoms with van der Waals surface area (Å²) in [6, 6.07) is 18.5. The van der Waals surface area contributed by atoms with Crippen molar-refractivity contribution in [2.24, 2.45) is 0 Å². The maximum absolute atomic E-state index is 13.1. The molecule has 2 aromatic rings. The van der Waals surface area contributed by atoms with Gasteiger partial charge in [-0.1, -0.05) is 42.5 Å². The van der Waals surface area contributed by atoms with Crippen molar-refractivity contribution in [2.75, 3.05) is 6.61 Å². The van der Waals surface area contributed by atoms with E-state index in [0.29, 0.717) is 17.8 Å². The second kappa shape index (κ2) is 8.36. The lowest BCUT2D eigenvalue weighted by atomic mass is 9.93. The molecule has 0 radical (unpaired) electrons. The number of hydrogen-bond donors (Lipinski definition) is 0. The Morgan fingerprint density at radius 2 is 1.71 bits per heavy atom. The van der Waals surface area contributed by atoms with Gasteiger partial charge in [0.1, 0.15) is 17.4 Å². The number of amides is 2. The maximum atomic E-state index is 13.1. The van der Waals surface area contributed by atoms with Crippen LogP contribution in [0.4, 0.5) is 0 Å². The molecule has 0 aromatic heterocycles. The monoisotopic (exact) mass is 372 g/mol. The van der Waals surface area contributed by atoms with E-state index in [1.165, 1.54) is 0 Å². The van der Waals surface area contributed by atoms with Gasteiger partial charge in [-0.2, -0.15) is 5.26 Å². The molecule has 0 saturated carbocycles. The fourth-order valence-electron chi connectivity index (χ4n) is 3.03. The van der Waals surface area contributed by atoms with Crippen molar-refractivity contribution in [2.45, 2.75) is 20.4 Å². The number of nitrogens with zero attached hydrogens (tertiary/aromatic N) is 2. The highest BCUT2D eigenvalue weighted by Gasteiger charge is 2.35. The van der Waals surface area contributed by atoms with Crippen LogP contribution < -0.4 is 4.74 Å². The van der Waals surface area contributed by atoms with Crippen LogP contribution in [-0.4, -0.2) is 23.3 Å². The van der Waals surface area contributed by atoms with Gasteiger partial charge < -0.3 is 4.74 Å².